The molecule has 0 aromatic carbocycles. The molecule has 0 saturated carbocycles. The zero-order chi connectivity index (χ0) is 10.9. The van der Waals surface area contributed by atoms with Crippen molar-refractivity contribution in [1.82, 2.24) is 15.6 Å². The number of aromatic nitrogens is 2. The zero-order valence-corrected chi connectivity index (χ0v) is 9.72. The van der Waals surface area contributed by atoms with Crippen molar-refractivity contribution in [3.05, 3.63) is 11.4 Å². The van der Waals surface area contributed by atoms with Crippen LogP contribution < -0.4 is 5.32 Å². The van der Waals surface area contributed by atoms with Crippen LogP contribution in [0.2, 0.25) is 0 Å². The van der Waals surface area contributed by atoms with Crippen molar-refractivity contribution in [2.45, 2.75) is 19.9 Å². The van der Waals surface area contributed by atoms with Crippen LogP contribution >= 0.6 is 11.8 Å². The maximum Gasteiger partial charge on any atom is 0.121 e. The largest absolute Gasteiger partial charge is 0.396 e. The number of hydrogen-bond donors (Lipinski definition) is 2. The van der Waals surface area contributed by atoms with Gasteiger partial charge in [0.2, 0.25) is 0 Å². The summed E-state index contributed by atoms with van der Waals surface area (Å²) in [6, 6.07) is 0. The normalized spacial score (nSPS) is 10.8. The Labute approximate surface area is 93.6 Å². The van der Waals surface area contributed by atoms with E-state index >= 15 is 0 Å². The lowest BCUT2D eigenvalue weighted by Gasteiger charge is -2.02. The van der Waals surface area contributed by atoms with E-state index in [1.807, 2.05) is 18.7 Å². The summed E-state index contributed by atoms with van der Waals surface area (Å²) >= 11 is 1.84. The minimum absolute atomic E-state index is 0.282. The SMILES string of the molecule is Cc1nonc1CNCCSCCCO. The summed E-state index contributed by atoms with van der Waals surface area (Å²) in [6.07, 6.45) is 0.872. The van der Waals surface area contributed by atoms with Crippen molar-refractivity contribution in [2.24, 2.45) is 0 Å². The van der Waals surface area contributed by atoms with Crippen LogP contribution in [0.25, 0.3) is 0 Å². The molecule has 6 heteroatoms. The lowest BCUT2D eigenvalue weighted by molar-refractivity contribution is 0.296. The van der Waals surface area contributed by atoms with Crippen molar-refractivity contribution in [3.8, 4) is 0 Å². The monoisotopic (exact) mass is 231 g/mol. The van der Waals surface area contributed by atoms with Gasteiger partial charge in [-0.25, -0.2) is 4.63 Å². The molecule has 0 bridgehead atoms. The highest BCUT2D eigenvalue weighted by molar-refractivity contribution is 7.99. The van der Waals surface area contributed by atoms with Gasteiger partial charge in [0.05, 0.1) is 0 Å². The predicted octanol–water partition coefficient (Wildman–Crippen LogP) is 0.583. The molecule has 0 aliphatic carbocycles. The maximum atomic E-state index is 8.57. The summed E-state index contributed by atoms with van der Waals surface area (Å²) in [5.41, 5.74) is 1.71. The van der Waals surface area contributed by atoms with E-state index in [9.17, 15) is 0 Å². The molecular formula is C9H17N3O2S. The van der Waals surface area contributed by atoms with Gasteiger partial charge < -0.3 is 10.4 Å². The number of rotatable bonds is 8. The predicted molar refractivity (Wildman–Crippen MR) is 59.8 cm³/mol. The van der Waals surface area contributed by atoms with Crippen LogP contribution in [-0.2, 0) is 6.54 Å². The molecule has 2 N–H and O–H groups in total. The molecule has 0 saturated heterocycles. The number of nitrogens with zero attached hydrogens (tertiary/aromatic N) is 2. The van der Waals surface area contributed by atoms with E-state index in [0.29, 0.717) is 6.54 Å². The summed E-state index contributed by atoms with van der Waals surface area (Å²) in [6.45, 7) is 3.80. The Morgan fingerprint density at radius 3 is 2.93 bits per heavy atom. The first-order valence-corrected chi connectivity index (χ1v) is 6.17. The van der Waals surface area contributed by atoms with Crippen molar-refractivity contribution in [1.29, 1.82) is 0 Å². The first-order chi connectivity index (χ1) is 7.34. The first-order valence-electron chi connectivity index (χ1n) is 5.02. The molecule has 0 radical (unpaired) electrons. The highest BCUT2D eigenvalue weighted by Gasteiger charge is 2.02. The van der Waals surface area contributed by atoms with Crippen LogP contribution in [-0.4, -0.2) is 40.1 Å². The van der Waals surface area contributed by atoms with Crippen LogP contribution in [0.15, 0.2) is 4.63 Å². The van der Waals surface area contributed by atoms with E-state index in [2.05, 4.69) is 20.3 Å². The van der Waals surface area contributed by atoms with Crippen molar-refractivity contribution in [2.75, 3.05) is 24.7 Å². The number of nitrogens with one attached hydrogen (secondary N) is 1. The van der Waals surface area contributed by atoms with E-state index in [4.69, 9.17) is 5.11 Å². The fourth-order valence-corrected chi connectivity index (χ4v) is 1.86. The second kappa shape index (κ2) is 7.67. The standard InChI is InChI=1S/C9H17N3O2S/c1-8-9(12-14-11-8)7-10-3-6-15-5-2-4-13/h10,13H,2-7H2,1H3. The fraction of sp³-hybridized carbons (Fsp3) is 0.778. The molecule has 1 heterocycles. The van der Waals surface area contributed by atoms with Gasteiger partial charge in [0, 0.05) is 25.4 Å². The highest BCUT2D eigenvalue weighted by atomic mass is 32.2. The van der Waals surface area contributed by atoms with E-state index < -0.39 is 0 Å². The zero-order valence-electron chi connectivity index (χ0n) is 8.90. The van der Waals surface area contributed by atoms with Crippen molar-refractivity contribution >= 4 is 11.8 Å². The van der Waals surface area contributed by atoms with Gasteiger partial charge in [0.15, 0.2) is 0 Å². The summed E-state index contributed by atoms with van der Waals surface area (Å²) in [5.74, 6) is 2.06. The molecule has 0 aliphatic heterocycles. The molecular weight excluding hydrogens is 214 g/mol. The molecule has 0 fully saturated rings. The Hall–Kier alpha value is -0.590. The van der Waals surface area contributed by atoms with Crippen LogP contribution in [0.3, 0.4) is 0 Å². The molecule has 0 aliphatic rings. The summed E-state index contributed by atoms with van der Waals surface area (Å²) in [4.78, 5) is 0. The van der Waals surface area contributed by atoms with Gasteiger partial charge >= 0.3 is 0 Å². The lowest BCUT2D eigenvalue weighted by atomic mass is 10.3. The minimum atomic E-state index is 0.282. The van der Waals surface area contributed by atoms with Crippen molar-refractivity contribution < 1.29 is 9.74 Å². The van der Waals surface area contributed by atoms with Crippen LogP contribution in [0.4, 0.5) is 0 Å². The molecule has 15 heavy (non-hydrogen) atoms. The van der Waals surface area contributed by atoms with Gasteiger partial charge in [-0.2, -0.15) is 11.8 Å². The van der Waals surface area contributed by atoms with Gasteiger partial charge in [-0.3, -0.25) is 0 Å². The van der Waals surface area contributed by atoms with Crippen LogP contribution in [0.1, 0.15) is 17.8 Å². The lowest BCUT2D eigenvalue weighted by Crippen LogP contribution is -2.17. The average Bonchev–Trinajstić information content (AvgIpc) is 2.63. The second-order valence-electron chi connectivity index (χ2n) is 3.16. The molecule has 1 rings (SSSR count). The van der Waals surface area contributed by atoms with Crippen molar-refractivity contribution in [3.63, 3.8) is 0 Å². The average molecular weight is 231 g/mol. The van der Waals surface area contributed by atoms with Gasteiger partial charge in [0.25, 0.3) is 0 Å². The Bertz CT molecular complexity index is 268. The number of aliphatic hydroxyl groups is 1. The molecule has 0 atom stereocenters. The Kier molecular flexibility index (Phi) is 6.38. The quantitative estimate of drug-likeness (QED) is 0.638. The molecule has 86 valence electrons. The van der Waals surface area contributed by atoms with Crippen LogP contribution in [0, 0.1) is 6.92 Å². The maximum absolute atomic E-state index is 8.57. The summed E-state index contributed by atoms with van der Waals surface area (Å²) < 4.78 is 4.58. The second-order valence-corrected chi connectivity index (χ2v) is 4.39. The van der Waals surface area contributed by atoms with Gasteiger partial charge in [-0.05, 0) is 19.1 Å². The smallest absolute Gasteiger partial charge is 0.121 e. The Balaban J connectivity index is 1.96. The van der Waals surface area contributed by atoms with Gasteiger partial charge in [-0.1, -0.05) is 10.3 Å². The molecule has 1 aromatic heterocycles. The molecule has 0 amide bonds. The minimum Gasteiger partial charge on any atom is -0.396 e. The third kappa shape index (κ3) is 5.15. The van der Waals surface area contributed by atoms with Crippen LogP contribution in [0.5, 0.6) is 0 Å². The topological polar surface area (TPSA) is 71.2 Å². The Morgan fingerprint density at radius 1 is 1.40 bits per heavy atom. The number of aryl methyl sites for hydroxylation is 1. The molecule has 1 aromatic rings. The van der Waals surface area contributed by atoms with E-state index in [1.165, 1.54) is 0 Å². The molecule has 0 spiro atoms. The van der Waals surface area contributed by atoms with E-state index in [0.717, 1.165) is 35.9 Å². The van der Waals surface area contributed by atoms with Gasteiger partial charge in [0.1, 0.15) is 11.4 Å². The molecule has 0 unspecified atom stereocenters. The summed E-state index contributed by atoms with van der Waals surface area (Å²) in [5, 5.41) is 19.3. The summed E-state index contributed by atoms with van der Waals surface area (Å²) in [7, 11) is 0. The number of hydrogen-bond acceptors (Lipinski definition) is 6. The Morgan fingerprint density at radius 2 is 2.27 bits per heavy atom. The third-order valence-electron chi connectivity index (χ3n) is 1.91. The highest BCUT2D eigenvalue weighted by Crippen LogP contribution is 2.01. The van der Waals surface area contributed by atoms with E-state index in [1.54, 1.807) is 0 Å². The third-order valence-corrected chi connectivity index (χ3v) is 2.98. The number of thioether (sulfide) groups is 1. The van der Waals surface area contributed by atoms with E-state index in [-0.39, 0.29) is 6.61 Å². The first kappa shape index (κ1) is 12.5. The van der Waals surface area contributed by atoms with Gasteiger partial charge in [-0.15, -0.1) is 0 Å². The number of aliphatic hydroxyl groups excluding tert-OH is 1. The molecule has 5 nitrogen and oxygen atoms in total. The fourth-order valence-electron chi connectivity index (χ4n) is 1.03.